The molecule has 12 heteroatoms. The van der Waals surface area contributed by atoms with Crippen LogP contribution in [0.15, 0.2) is 60.4 Å². The monoisotopic (exact) mass is 580 g/mol. The molecule has 10 nitrogen and oxygen atoms in total. The average molecular weight is 581 g/mol. The fraction of sp³-hybridized carbons (Fsp3) is 0.357. The molecule has 2 atom stereocenters. The van der Waals surface area contributed by atoms with Gasteiger partial charge in [0.15, 0.2) is 0 Å². The highest BCUT2D eigenvalue weighted by molar-refractivity contribution is 7.15. The van der Waals surface area contributed by atoms with Gasteiger partial charge in [0.05, 0.1) is 32.8 Å². The Morgan fingerprint density at radius 3 is 2.10 bits per heavy atom. The van der Waals surface area contributed by atoms with E-state index in [0.29, 0.717) is 10.3 Å². The van der Waals surface area contributed by atoms with Crippen LogP contribution in [-0.2, 0) is 20.7 Å². The standard InChI is InChI=1S/C28H32N6O4S2/c1-5-18(7-6-17(2)37-3)14-23(35)29-27-33-31-25(39-27)20-10-11-21(16-20)26-32-34-28(40-26)30-24(36)15-19-8-12-22(38-4)13-9-19/h5-9,12-13,20-21H,1,10-11,14-16H2,2-4H3,(H,29,33,35)(H,30,34,36)/b17-6+,18-7+. The van der Waals surface area contributed by atoms with Crippen molar-refractivity contribution in [3.05, 3.63) is 76.0 Å². The number of aromatic nitrogens is 4. The van der Waals surface area contributed by atoms with Gasteiger partial charge in [-0.25, -0.2) is 0 Å². The van der Waals surface area contributed by atoms with E-state index in [9.17, 15) is 9.59 Å². The van der Waals surface area contributed by atoms with E-state index >= 15 is 0 Å². The number of hydrogen-bond acceptors (Lipinski definition) is 10. The number of anilines is 2. The van der Waals surface area contributed by atoms with Gasteiger partial charge >= 0.3 is 0 Å². The number of nitrogens with zero attached hydrogens (tertiary/aromatic N) is 4. The lowest BCUT2D eigenvalue weighted by molar-refractivity contribution is -0.116. The topological polar surface area (TPSA) is 128 Å². The molecule has 1 aliphatic carbocycles. The summed E-state index contributed by atoms with van der Waals surface area (Å²) in [5, 5.41) is 25.5. The number of benzene rings is 1. The summed E-state index contributed by atoms with van der Waals surface area (Å²) in [6, 6.07) is 7.39. The van der Waals surface area contributed by atoms with Crippen molar-refractivity contribution in [2.75, 3.05) is 24.9 Å². The Hall–Kier alpha value is -3.90. The van der Waals surface area contributed by atoms with Crippen molar-refractivity contribution < 1.29 is 19.1 Å². The number of ether oxygens (including phenoxy) is 2. The third-order valence-corrected chi connectivity index (χ3v) is 8.51. The van der Waals surface area contributed by atoms with Crippen LogP contribution in [0, 0.1) is 0 Å². The number of methoxy groups -OCH3 is 2. The zero-order chi connectivity index (χ0) is 28.5. The molecule has 0 saturated heterocycles. The van der Waals surface area contributed by atoms with Crippen LogP contribution in [0.5, 0.6) is 5.75 Å². The molecule has 1 saturated carbocycles. The molecule has 2 heterocycles. The summed E-state index contributed by atoms with van der Waals surface area (Å²) < 4.78 is 10.3. The summed E-state index contributed by atoms with van der Waals surface area (Å²) in [5.74, 6) is 1.63. The molecule has 1 aliphatic rings. The van der Waals surface area contributed by atoms with Crippen molar-refractivity contribution in [2.24, 2.45) is 0 Å². The normalized spacial score (nSPS) is 17.4. The molecule has 1 fully saturated rings. The molecule has 0 aliphatic heterocycles. The third-order valence-electron chi connectivity index (χ3n) is 6.51. The Bertz CT molecular complexity index is 1400. The van der Waals surface area contributed by atoms with Crippen LogP contribution in [0.3, 0.4) is 0 Å². The molecular weight excluding hydrogens is 548 g/mol. The van der Waals surface area contributed by atoms with Crippen molar-refractivity contribution in [2.45, 2.75) is 50.9 Å². The van der Waals surface area contributed by atoms with Gasteiger partial charge in [0.25, 0.3) is 0 Å². The highest BCUT2D eigenvalue weighted by Crippen LogP contribution is 2.45. The average Bonchev–Trinajstić information content (AvgIpc) is 3.72. The Morgan fingerprint density at radius 1 is 0.950 bits per heavy atom. The summed E-state index contributed by atoms with van der Waals surface area (Å²) in [6.45, 7) is 5.61. The van der Waals surface area contributed by atoms with E-state index in [4.69, 9.17) is 9.47 Å². The lowest BCUT2D eigenvalue weighted by Gasteiger charge is -2.05. The summed E-state index contributed by atoms with van der Waals surface area (Å²) in [7, 11) is 3.20. The molecule has 40 heavy (non-hydrogen) atoms. The highest BCUT2D eigenvalue weighted by atomic mass is 32.1. The quantitative estimate of drug-likeness (QED) is 0.209. The molecule has 3 aromatic rings. The first-order chi connectivity index (χ1) is 19.4. The Morgan fingerprint density at radius 2 is 1.55 bits per heavy atom. The Kier molecular flexibility index (Phi) is 10.1. The number of rotatable bonds is 12. The first-order valence-corrected chi connectivity index (χ1v) is 14.4. The van der Waals surface area contributed by atoms with Gasteiger partial charge in [-0.3, -0.25) is 9.59 Å². The van der Waals surface area contributed by atoms with Crippen LogP contribution in [-0.4, -0.2) is 46.4 Å². The second-order valence-electron chi connectivity index (χ2n) is 9.32. The number of amides is 2. The summed E-state index contributed by atoms with van der Waals surface area (Å²) in [4.78, 5) is 25.0. The predicted octanol–water partition coefficient (Wildman–Crippen LogP) is 5.62. The van der Waals surface area contributed by atoms with E-state index < -0.39 is 0 Å². The predicted molar refractivity (Wildman–Crippen MR) is 157 cm³/mol. The molecule has 0 spiro atoms. The smallest absolute Gasteiger partial charge is 0.230 e. The van der Waals surface area contributed by atoms with Gasteiger partial charge in [-0.05, 0) is 55.5 Å². The maximum Gasteiger partial charge on any atom is 0.230 e. The van der Waals surface area contributed by atoms with E-state index in [0.717, 1.165) is 51.9 Å². The number of nitrogens with one attached hydrogen (secondary N) is 2. The molecule has 2 aromatic heterocycles. The molecule has 2 unspecified atom stereocenters. The number of allylic oxidation sites excluding steroid dienone is 4. The molecule has 2 N–H and O–H groups in total. The first-order valence-electron chi connectivity index (χ1n) is 12.8. The summed E-state index contributed by atoms with van der Waals surface area (Å²) in [5.41, 5.74) is 1.66. The zero-order valence-corrected chi connectivity index (χ0v) is 24.3. The number of hydrogen-bond donors (Lipinski definition) is 2. The Labute approximate surface area is 241 Å². The van der Waals surface area contributed by atoms with Gasteiger partial charge in [0.2, 0.25) is 22.1 Å². The summed E-state index contributed by atoms with van der Waals surface area (Å²) >= 11 is 2.81. The second kappa shape index (κ2) is 13.9. The minimum Gasteiger partial charge on any atom is -0.501 e. The van der Waals surface area contributed by atoms with Crippen LogP contribution in [0.2, 0.25) is 0 Å². The van der Waals surface area contributed by atoms with Crippen molar-refractivity contribution in [3.63, 3.8) is 0 Å². The van der Waals surface area contributed by atoms with Crippen LogP contribution in [0.1, 0.15) is 60.0 Å². The molecule has 0 radical (unpaired) electrons. The molecule has 4 rings (SSSR count). The van der Waals surface area contributed by atoms with Crippen molar-refractivity contribution in [1.29, 1.82) is 0 Å². The van der Waals surface area contributed by atoms with E-state index in [1.807, 2.05) is 31.2 Å². The number of carbonyl (C=O) groups excluding carboxylic acids is 2. The SMILES string of the molecule is C=C/C(=C\C=C(/C)OC)CC(=O)Nc1nnc(C2CCC(c3nnc(NC(=O)Cc4ccc(OC)cc4)s3)C2)s1. The van der Waals surface area contributed by atoms with E-state index in [-0.39, 0.29) is 36.5 Å². The summed E-state index contributed by atoms with van der Waals surface area (Å²) in [6.07, 6.45) is 8.42. The second-order valence-corrected chi connectivity index (χ2v) is 11.3. The lowest BCUT2D eigenvalue weighted by atomic mass is 10.1. The van der Waals surface area contributed by atoms with Crippen LogP contribution in [0.4, 0.5) is 10.3 Å². The molecule has 1 aromatic carbocycles. The molecule has 210 valence electrons. The third kappa shape index (κ3) is 8.06. The fourth-order valence-corrected chi connectivity index (χ4v) is 6.08. The van der Waals surface area contributed by atoms with Gasteiger partial charge in [0.1, 0.15) is 15.8 Å². The van der Waals surface area contributed by atoms with Gasteiger partial charge in [0, 0.05) is 11.8 Å². The van der Waals surface area contributed by atoms with Crippen LogP contribution < -0.4 is 15.4 Å². The first kappa shape index (κ1) is 29.1. The molecule has 0 bridgehead atoms. The fourth-order valence-electron chi connectivity index (χ4n) is 4.26. The maximum atomic E-state index is 12.5. The lowest BCUT2D eigenvalue weighted by Crippen LogP contribution is -2.14. The largest absolute Gasteiger partial charge is 0.501 e. The van der Waals surface area contributed by atoms with Crippen molar-refractivity contribution in [3.8, 4) is 5.75 Å². The maximum absolute atomic E-state index is 12.5. The minimum atomic E-state index is -0.183. The van der Waals surface area contributed by atoms with E-state index in [1.165, 1.54) is 22.7 Å². The zero-order valence-electron chi connectivity index (χ0n) is 22.7. The Balaban J connectivity index is 1.27. The van der Waals surface area contributed by atoms with E-state index in [2.05, 4.69) is 37.6 Å². The minimum absolute atomic E-state index is 0.141. The van der Waals surface area contributed by atoms with Gasteiger partial charge in [-0.1, -0.05) is 53.5 Å². The van der Waals surface area contributed by atoms with Crippen LogP contribution in [0.25, 0.3) is 0 Å². The number of carbonyl (C=O) groups is 2. The molecular formula is C28H32N6O4S2. The van der Waals surface area contributed by atoms with Gasteiger partial charge in [-0.2, -0.15) is 0 Å². The van der Waals surface area contributed by atoms with Gasteiger partial charge < -0.3 is 20.1 Å². The van der Waals surface area contributed by atoms with Crippen LogP contribution >= 0.6 is 22.7 Å². The van der Waals surface area contributed by atoms with Gasteiger partial charge in [-0.15, -0.1) is 20.4 Å². The van der Waals surface area contributed by atoms with E-state index in [1.54, 1.807) is 32.4 Å². The molecule has 2 amide bonds. The van der Waals surface area contributed by atoms with Crippen molar-refractivity contribution in [1.82, 2.24) is 20.4 Å². The highest BCUT2D eigenvalue weighted by Gasteiger charge is 2.32. The van der Waals surface area contributed by atoms with Crippen molar-refractivity contribution >= 4 is 44.8 Å².